The van der Waals surface area contributed by atoms with Crippen LogP contribution < -0.4 is 10.1 Å². The predicted octanol–water partition coefficient (Wildman–Crippen LogP) is 5.03. The quantitative estimate of drug-likeness (QED) is 0.657. The van der Waals surface area contributed by atoms with Gasteiger partial charge in [0.15, 0.2) is 0 Å². The molecule has 1 N–H and O–H groups in total. The fraction of sp³-hybridized carbons (Fsp3) is 0.174. The number of ether oxygens (including phenoxy) is 1. The maximum absolute atomic E-state index is 12.3. The van der Waals surface area contributed by atoms with Gasteiger partial charge in [-0.15, -0.1) is 0 Å². The molecule has 0 unspecified atom stereocenters. The Labute approximate surface area is 163 Å². The van der Waals surface area contributed by atoms with Gasteiger partial charge in [-0.2, -0.15) is 11.8 Å². The van der Waals surface area contributed by atoms with Gasteiger partial charge in [0.2, 0.25) is 5.91 Å². The van der Waals surface area contributed by atoms with Crippen LogP contribution in [0.1, 0.15) is 5.56 Å². The molecule has 1 aliphatic heterocycles. The van der Waals surface area contributed by atoms with Crippen molar-refractivity contribution in [1.29, 1.82) is 0 Å². The van der Waals surface area contributed by atoms with Crippen molar-refractivity contribution in [2.75, 3.05) is 16.8 Å². The summed E-state index contributed by atoms with van der Waals surface area (Å²) in [5, 5.41) is 2.95. The van der Waals surface area contributed by atoms with Gasteiger partial charge in [0.05, 0.1) is 6.42 Å². The number of carbonyl (C=O) groups is 1. The second-order valence-electron chi connectivity index (χ2n) is 6.59. The van der Waals surface area contributed by atoms with Crippen molar-refractivity contribution >= 4 is 23.4 Å². The fourth-order valence-electron chi connectivity index (χ4n) is 2.93. The molecule has 0 saturated carbocycles. The summed E-state index contributed by atoms with van der Waals surface area (Å²) in [5.41, 5.74) is 4.11. The number of hydrogen-bond acceptors (Lipinski definition) is 3. The Morgan fingerprint density at radius 2 is 1.56 bits per heavy atom. The number of hydrogen-bond donors (Lipinski definition) is 1. The molecular weight excluding hydrogens is 354 g/mol. The molecule has 1 saturated heterocycles. The van der Waals surface area contributed by atoms with Crippen molar-refractivity contribution in [3.63, 3.8) is 0 Å². The largest absolute Gasteiger partial charge is 0.489 e. The van der Waals surface area contributed by atoms with E-state index in [0.29, 0.717) is 12.5 Å². The highest BCUT2D eigenvalue weighted by atomic mass is 32.2. The Morgan fingerprint density at radius 1 is 0.889 bits per heavy atom. The summed E-state index contributed by atoms with van der Waals surface area (Å²) in [6.07, 6.45) is 0.682. The zero-order valence-corrected chi connectivity index (χ0v) is 15.7. The molecule has 1 aliphatic rings. The summed E-state index contributed by atoms with van der Waals surface area (Å²) in [5.74, 6) is 2.95. The Kier molecular flexibility index (Phi) is 5.45. The molecule has 0 bridgehead atoms. The predicted molar refractivity (Wildman–Crippen MR) is 112 cm³/mol. The maximum Gasteiger partial charge on any atom is 0.228 e. The number of anilines is 1. The van der Waals surface area contributed by atoms with Gasteiger partial charge in [0.25, 0.3) is 0 Å². The van der Waals surface area contributed by atoms with Crippen molar-refractivity contribution in [2.45, 2.75) is 12.5 Å². The van der Waals surface area contributed by atoms with E-state index in [1.165, 1.54) is 5.56 Å². The van der Waals surface area contributed by atoms with Crippen LogP contribution in [0.3, 0.4) is 0 Å². The standard InChI is InChI=1S/C23H21NO2S/c25-23(24-20-10-12-21(13-11-20)26-22-15-27-16-22)14-17-6-8-19(9-7-17)18-4-2-1-3-5-18/h1-13,22H,14-16H2,(H,24,25). The van der Waals surface area contributed by atoms with Crippen LogP contribution in [-0.4, -0.2) is 23.5 Å². The van der Waals surface area contributed by atoms with E-state index in [0.717, 1.165) is 34.1 Å². The van der Waals surface area contributed by atoms with Gasteiger partial charge < -0.3 is 10.1 Å². The molecule has 3 aromatic carbocycles. The minimum absolute atomic E-state index is 0.0217. The first-order valence-electron chi connectivity index (χ1n) is 9.05. The van der Waals surface area contributed by atoms with E-state index in [1.807, 2.05) is 66.4 Å². The number of rotatable bonds is 6. The third kappa shape index (κ3) is 4.72. The molecule has 27 heavy (non-hydrogen) atoms. The average molecular weight is 375 g/mol. The number of nitrogens with one attached hydrogen (secondary N) is 1. The second-order valence-corrected chi connectivity index (χ2v) is 7.66. The van der Waals surface area contributed by atoms with Gasteiger partial charge in [-0.05, 0) is 41.0 Å². The summed E-state index contributed by atoms with van der Waals surface area (Å²) in [4.78, 5) is 12.3. The fourth-order valence-corrected chi connectivity index (χ4v) is 3.49. The molecule has 0 radical (unpaired) electrons. The third-order valence-corrected chi connectivity index (χ3v) is 5.69. The first-order valence-corrected chi connectivity index (χ1v) is 10.2. The summed E-state index contributed by atoms with van der Waals surface area (Å²) in [6.45, 7) is 0. The van der Waals surface area contributed by atoms with Crippen LogP contribution in [0.5, 0.6) is 5.75 Å². The summed E-state index contributed by atoms with van der Waals surface area (Å²) in [6, 6.07) is 26.0. The minimum atomic E-state index is -0.0217. The SMILES string of the molecule is O=C(Cc1ccc(-c2ccccc2)cc1)Nc1ccc(OC2CSC2)cc1. The van der Waals surface area contributed by atoms with Crippen LogP contribution in [0.4, 0.5) is 5.69 Å². The highest BCUT2D eigenvalue weighted by Gasteiger charge is 2.19. The number of benzene rings is 3. The second kappa shape index (κ2) is 8.31. The van der Waals surface area contributed by atoms with Crippen LogP contribution in [-0.2, 0) is 11.2 Å². The molecule has 136 valence electrons. The summed E-state index contributed by atoms with van der Waals surface area (Å²) >= 11 is 1.89. The van der Waals surface area contributed by atoms with Gasteiger partial charge in [0.1, 0.15) is 11.9 Å². The van der Waals surface area contributed by atoms with Crippen LogP contribution in [0, 0.1) is 0 Å². The summed E-state index contributed by atoms with van der Waals surface area (Å²) in [7, 11) is 0. The van der Waals surface area contributed by atoms with E-state index in [2.05, 4.69) is 29.6 Å². The smallest absolute Gasteiger partial charge is 0.228 e. The lowest BCUT2D eigenvalue weighted by atomic mass is 10.0. The molecule has 0 aliphatic carbocycles. The van der Waals surface area contributed by atoms with E-state index >= 15 is 0 Å². The molecule has 0 atom stereocenters. The third-order valence-electron chi connectivity index (χ3n) is 4.47. The Bertz CT molecular complexity index is 888. The minimum Gasteiger partial charge on any atom is -0.489 e. The monoisotopic (exact) mass is 375 g/mol. The molecule has 1 amide bonds. The Balaban J connectivity index is 1.32. The molecule has 0 spiro atoms. The van der Waals surface area contributed by atoms with Gasteiger partial charge >= 0.3 is 0 Å². The van der Waals surface area contributed by atoms with Crippen LogP contribution >= 0.6 is 11.8 Å². The van der Waals surface area contributed by atoms with E-state index in [4.69, 9.17) is 4.74 Å². The van der Waals surface area contributed by atoms with Crippen molar-refractivity contribution in [1.82, 2.24) is 0 Å². The zero-order chi connectivity index (χ0) is 18.5. The van der Waals surface area contributed by atoms with Crippen molar-refractivity contribution in [3.8, 4) is 16.9 Å². The number of thioether (sulfide) groups is 1. The highest BCUT2D eigenvalue weighted by molar-refractivity contribution is 8.00. The Hall–Kier alpha value is -2.72. The lowest BCUT2D eigenvalue weighted by Gasteiger charge is -2.25. The number of amides is 1. The highest BCUT2D eigenvalue weighted by Crippen LogP contribution is 2.25. The number of carbonyl (C=O) groups excluding carboxylic acids is 1. The van der Waals surface area contributed by atoms with Gasteiger partial charge in [-0.1, -0.05) is 54.6 Å². The molecule has 3 nitrogen and oxygen atoms in total. The zero-order valence-electron chi connectivity index (χ0n) is 14.9. The first-order chi connectivity index (χ1) is 13.3. The molecule has 4 heteroatoms. The molecule has 4 rings (SSSR count). The lowest BCUT2D eigenvalue weighted by Crippen LogP contribution is -2.30. The Morgan fingerprint density at radius 3 is 2.19 bits per heavy atom. The van der Waals surface area contributed by atoms with Crippen molar-refractivity contribution in [2.24, 2.45) is 0 Å². The van der Waals surface area contributed by atoms with Crippen molar-refractivity contribution < 1.29 is 9.53 Å². The maximum atomic E-state index is 12.3. The molecule has 3 aromatic rings. The van der Waals surface area contributed by atoms with Crippen LogP contribution in [0.2, 0.25) is 0 Å². The normalized spacial score (nSPS) is 13.6. The van der Waals surface area contributed by atoms with E-state index in [-0.39, 0.29) is 5.91 Å². The van der Waals surface area contributed by atoms with Gasteiger partial charge in [-0.25, -0.2) is 0 Å². The molecule has 1 heterocycles. The van der Waals surface area contributed by atoms with Crippen molar-refractivity contribution in [3.05, 3.63) is 84.4 Å². The first kappa shape index (κ1) is 17.7. The topological polar surface area (TPSA) is 38.3 Å². The van der Waals surface area contributed by atoms with E-state index in [1.54, 1.807) is 0 Å². The van der Waals surface area contributed by atoms with Gasteiger partial charge in [0, 0.05) is 17.2 Å². The van der Waals surface area contributed by atoms with E-state index in [9.17, 15) is 4.79 Å². The van der Waals surface area contributed by atoms with E-state index < -0.39 is 0 Å². The van der Waals surface area contributed by atoms with Gasteiger partial charge in [-0.3, -0.25) is 4.79 Å². The average Bonchev–Trinajstić information content (AvgIpc) is 2.67. The molecular formula is C23H21NO2S. The van der Waals surface area contributed by atoms with Crippen LogP contribution in [0.15, 0.2) is 78.9 Å². The lowest BCUT2D eigenvalue weighted by molar-refractivity contribution is -0.115. The molecule has 0 aromatic heterocycles. The van der Waals surface area contributed by atoms with Crippen LogP contribution in [0.25, 0.3) is 11.1 Å². The molecule has 1 fully saturated rings. The summed E-state index contributed by atoms with van der Waals surface area (Å²) < 4.78 is 5.82.